The van der Waals surface area contributed by atoms with Crippen molar-refractivity contribution < 1.29 is 18.7 Å². The van der Waals surface area contributed by atoms with Crippen molar-refractivity contribution in [3.05, 3.63) is 77.1 Å². The quantitative estimate of drug-likeness (QED) is 0.458. The molecule has 0 saturated carbocycles. The standard InChI is InChI=1S/C27H20FN3O3/c28-24-17(15-5-2-1-3-6-15)7-4-8-19(24)26-30-22-11-20-18(21(12-29)25(22)34-26)9-10-23(20)31-13-16(14-31)27(32)33/h1-8,11,16,23H,9-10,13-14H2,(H,32,33)/t23-/m0/s1. The fourth-order valence-electron chi connectivity index (χ4n) is 5.20. The van der Waals surface area contributed by atoms with E-state index in [0.717, 1.165) is 23.1 Å². The molecule has 0 unspecified atom stereocenters. The number of nitrogens with zero attached hydrogens (tertiary/aromatic N) is 3. The number of benzene rings is 3. The van der Waals surface area contributed by atoms with Crippen LogP contribution in [0.15, 0.2) is 59.0 Å². The van der Waals surface area contributed by atoms with Crippen LogP contribution in [0.1, 0.15) is 29.2 Å². The Kier molecular flexibility index (Phi) is 4.71. The number of rotatable bonds is 4. The number of nitriles is 1. The normalized spacial score (nSPS) is 17.9. The van der Waals surface area contributed by atoms with Gasteiger partial charge in [0.25, 0.3) is 0 Å². The minimum absolute atomic E-state index is 0.0559. The molecule has 1 fully saturated rings. The molecular weight excluding hydrogens is 433 g/mol. The number of hydrogen-bond donors (Lipinski definition) is 1. The summed E-state index contributed by atoms with van der Waals surface area (Å²) in [4.78, 5) is 17.9. The van der Waals surface area contributed by atoms with Crippen molar-refractivity contribution in [3.8, 4) is 28.7 Å². The van der Waals surface area contributed by atoms with Crippen LogP contribution in [0.2, 0.25) is 0 Å². The Hall–Kier alpha value is -4.02. The summed E-state index contributed by atoms with van der Waals surface area (Å²) < 4.78 is 21.5. The van der Waals surface area contributed by atoms with Crippen LogP contribution in [-0.4, -0.2) is 34.0 Å². The molecule has 4 aromatic rings. The first-order valence-electron chi connectivity index (χ1n) is 11.2. The fourth-order valence-corrected chi connectivity index (χ4v) is 5.20. The van der Waals surface area contributed by atoms with Crippen LogP contribution in [-0.2, 0) is 11.2 Å². The van der Waals surface area contributed by atoms with Crippen LogP contribution in [0.5, 0.6) is 0 Å². The number of hydrogen-bond acceptors (Lipinski definition) is 5. The van der Waals surface area contributed by atoms with Crippen LogP contribution < -0.4 is 0 Å². The van der Waals surface area contributed by atoms with Gasteiger partial charge in [-0.15, -0.1) is 0 Å². The highest BCUT2D eigenvalue weighted by atomic mass is 19.1. The molecule has 6 nitrogen and oxygen atoms in total. The zero-order valence-corrected chi connectivity index (χ0v) is 18.2. The Labute approximate surface area is 194 Å². The first-order valence-corrected chi connectivity index (χ1v) is 11.2. The van der Waals surface area contributed by atoms with E-state index in [1.807, 2.05) is 36.4 Å². The van der Waals surface area contributed by atoms with Gasteiger partial charge in [-0.1, -0.05) is 42.5 Å². The monoisotopic (exact) mass is 453 g/mol. The number of likely N-dealkylation sites (tertiary alicyclic amines) is 1. The topological polar surface area (TPSA) is 90.4 Å². The van der Waals surface area contributed by atoms with E-state index in [0.29, 0.717) is 41.7 Å². The largest absolute Gasteiger partial charge is 0.481 e. The number of carbonyl (C=O) groups is 1. The summed E-state index contributed by atoms with van der Waals surface area (Å²) in [6, 6.07) is 18.6. The molecule has 168 valence electrons. The number of oxazole rings is 1. The van der Waals surface area contributed by atoms with E-state index in [1.54, 1.807) is 18.2 Å². The third-order valence-corrected chi connectivity index (χ3v) is 6.98. The lowest BCUT2D eigenvalue weighted by Crippen LogP contribution is -2.51. The molecule has 2 heterocycles. The van der Waals surface area contributed by atoms with Crippen LogP contribution in [0.25, 0.3) is 33.7 Å². The number of halogens is 1. The van der Waals surface area contributed by atoms with E-state index >= 15 is 4.39 Å². The fraction of sp³-hybridized carbons (Fsp3) is 0.222. The number of carboxylic acids is 1. The van der Waals surface area contributed by atoms with Gasteiger partial charge in [0.2, 0.25) is 5.89 Å². The van der Waals surface area contributed by atoms with E-state index < -0.39 is 11.8 Å². The summed E-state index contributed by atoms with van der Waals surface area (Å²) in [5.41, 5.74) is 4.67. The second-order valence-corrected chi connectivity index (χ2v) is 8.88. The zero-order chi connectivity index (χ0) is 23.4. The lowest BCUT2D eigenvalue weighted by atomic mass is 9.94. The third-order valence-electron chi connectivity index (χ3n) is 6.98. The van der Waals surface area contributed by atoms with E-state index in [1.165, 1.54) is 0 Å². The van der Waals surface area contributed by atoms with E-state index in [4.69, 9.17) is 4.42 Å². The molecule has 1 aromatic heterocycles. The number of carboxylic acid groups (broad SMARTS) is 1. The average molecular weight is 453 g/mol. The maximum atomic E-state index is 15.5. The highest BCUT2D eigenvalue weighted by Gasteiger charge is 2.40. The maximum absolute atomic E-state index is 15.5. The van der Waals surface area contributed by atoms with Gasteiger partial charge in [-0.3, -0.25) is 9.69 Å². The Bertz CT molecular complexity index is 1480. The van der Waals surface area contributed by atoms with E-state index in [9.17, 15) is 15.2 Å². The SMILES string of the molecule is N#Cc1c2c(cc3nc(-c4cccc(-c5ccccc5)c4F)oc13)[C@@H](N1CC(C(=O)O)C1)CC2. The first kappa shape index (κ1) is 20.6. The van der Waals surface area contributed by atoms with Crippen molar-refractivity contribution in [1.29, 1.82) is 5.26 Å². The number of aromatic nitrogens is 1. The molecule has 6 rings (SSSR count). The molecule has 1 saturated heterocycles. The number of aliphatic carboxylic acids is 1. The van der Waals surface area contributed by atoms with Gasteiger partial charge < -0.3 is 9.52 Å². The molecule has 1 atom stereocenters. The van der Waals surface area contributed by atoms with Crippen molar-refractivity contribution in [2.45, 2.75) is 18.9 Å². The summed E-state index contributed by atoms with van der Waals surface area (Å²) in [7, 11) is 0. The van der Waals surface area contributed by atoms with Crippen molar-refractivity contribution in [1.82, 2.24) is 9.88 Å². The average Bonchev–Trinajstić information content (AvgIpc) is 3.41. The van der Waals surface area contributed by atoms with Crippen molar-refractivity contribution in [2.75, 3.05) is 13.1 Å². The molecule has 1 N–H and O–H groups in total. The molecule has 34 heavy (non-hydrogen) atoms. The predicted molar refractivity (Wildman–Crippen MR) is 123 cm³/mol. The first-order chi connectivity index (χ1) is 16.5. The smallest absolute Gasteiger partial charge is 0.309 e. The third kappa shape index (κ3) is 3.11. The molecule has 0 spiro atoms. The van der Waals surface area contributed by atoms with Gasteiger partial charge in [0.15, 0.2) is 5.58 Å². The molecule has 2 aliphatic rings. The van der Waals surface area contributed by atoms with Crippen LogP contribution in [0.4, 0.5) is 4.39 Å². The Morgan fingerprint density at radius 3 is 2.65 bits per heavy atom. The second-order valence-electron chi connectivity index (χ2n) is 8.88. The van der Waals surface area contributed by atoms with Crippen molar-refractivity contribution in [2.24, 2.45) is 5.92 Å². The van der Waals surface area contributed by atoms with Gasteiger partial charge in [0.1, 0.15) is 23.0 Å². The van der Waals surface area contributed by atoms with Gasteiger partial charge in [0, 0.05) is 24.7 Å². The summed E-state index contributed by atoms with van der Waals surface area (Å²) in [6.45, 7) is 1.00. The lowest BCUT2D eigenvalue weighted by molar-refractivity contribution is -0.148. The summed E-state index contributed by atoms with van der Waals surface area (Å²) >= 11 is 0. The molecular formula is C27H20FN3O3. The lowest BCUT2D eigenvalue weighted by Gasteiger charge is -2.41. The van der Waals surface area contributed by atoms with Crippen LogP contribution in [0.3, 0.4) is 0 Å². The molecule has 1 aliphatic carbocycles. The summed E-state index contributed by atoms with van der Waals surface area (Å²) in [5, 5.41) is 19.2. The maximum Gasteiger partial charge on any atom is 0.309 e. The van der Waals surface area contributed by atoms with Crippen molar-refractivity contribution >= 4 is 17.1 Å². The Morgan fingerprint density at radius 2 is 1.91 bits per heavy atom. The van der Waals surface area contributed by atoms with E-state index in [-0.39, 0.29) is 23.4 Å². The Morgan fingerprint density at radius 1 is 1.15 bits per heavy atom. The molecule has 0 radical (unpaired) electrons. The van der Waals surface area contributed by atoms with Gasteiger partial charge in [-0.2, -0.15) is 5.26 Å². The van der Waals surface area contributed by atoms with Gasteiger partial charge in [0.05, 0.1) is 11.5 Å². The molecule has 0 bridgehead atoms. The Balaban J connectivity index is 1.42. The zero-order valence-electron chi connectivity index (χ0n) is 18.2. The molecule has 1 aliphatic heterocycles. The highest BCUT2D eigenvalue weighted by molar-refractivity contribution is 5.85. The predicted octanol–water partition coefficient (Wildman–Crippen LogP) is 5.18. The van der Waals surface area contributed by atoms with Crippen LogP contribution >= 0.6 is 0 Å². The highest BCUT2D eigenvalue weighted by Crippen LogP contribution is 2.44. The molecule has 3 aromatic carbocycles. The van der Waals surface area contributed by atoms with Gasteiger partial charge >= 0.3 is 5.97 Å². The van der Waals surface area contributed by atoms with Crippen LogP contribution in [0, 0.1) is 23.1 Å². The summed E-state index contributed by atoms with van der Waals surface area (Å²) in [6.07, 6.45) is 1.53. The number of fused-ring (bicyclic) bond motifs is 2. The molecule has 7 heteroatoms. The second kappa shape index (κ2) is 7.79. The van der Waals surface area contributed by atoms with E-state index in [2.05, 4.69) is 16.0 Å². The van der Waals surface area contributed by atoms with Gasteiger partial charge in [-0.25, -0.2) is 9.37 Å². The minimum Gasteiger partial charge on any atom is -0.481 e. The summed E-state index contributed by atoms with van der Waals surface area (Å²) in [5.74, 6) is -1.41. The molecule has 0 amide bonds. The minimum atomic E-state index is -0.775. The van der Waals surface area contributed by atoms with Gasteiger partial charge in [-0.05, 0) is 41.7 Å². The van der Waals surface area contributed by atoms with Crippen molar-refractivity contribution in [3.63, 3.8) is 0 Å².